The summed E-state index contributed by atoms with van der Waals surface area (Å²) in [6, 6.07) is 17.5. The van der Waals surface area contributed by atoms with E-state index in [2.05, 4.69) is 10.2 Å². The van der Waals surface area contributed by atoms with E-state index in [9.17, 15) is 19.2 Å². The largest absolute Gasteiger partial charge is 0.469 e. The lowest BCUT2D eigenvalue weighted by atomic mass is 10.0. The van der Waals surface area contributed by atoms with Gasteiger partial charge in [-0.3, -0.25) is 24.3 Å². The Balaban J connectivity index is 1.85. The third-order valence-corrected chi connectivity index (χ3v) is 5.35. The minimum absolute atomic E-state index is 0.0432. The Kier molecular flexibility index (Phi) is 6.72. The number of benzene rings is 2. The lowest BCUT2D eigenvalue weighted by Gasteiger charge is -2.10. The van der Waals surface area contributed by atoms with Crippen LogP contribution in [0.5, 0.6) is 0 Å². The van der Waals surface area contributed by atoms with Crippen molar-refractivity contribution in [2.45, 2.75) is 12.8 Å². The third kappa shape index (κ3) is 4.81. The van der Waals surface area contributed by atoms with Crippen LogP contribution in [0.25, 0.3) is 11.8 Å². The Hall–Kier alpha value is -4.73. The molecule has 3 aromatic rings. The molecule has 1 N–H and O–H groups in total. The van der Waals surface area contributed by atoms with E-state index in [0.29, 0.717) is 11.4 Å². The molecule has 0 saturated heterocycles. The fourth-order valence-corrected chi connectivity index (χ4v) is 3.59. The number of esters is 2. The van der Waals surface area contributed by atoms with E-state index in [4.69, 9.17) is 9.47 Å². The van der Waals surface area contributed by atoms with Gasteiger partial charge >= 0.3 is 11.9 Å². The highest BCUT2D eigenvalue weighted by Crippen LogP contribution is 2.26. The highest BCUT2D eigenvalue weighted by Gasteiger charge is 2.33. The molecule has 2 aromatic carbocycles. The number of para-hydroxylation sites is 2. The summed E-state index contributed by atoms with van der Waals surface area (Å²) >= 11 is 0. The lowest BCUT2D eigenvalue weighted by molar-refractivity contribution is -0.140. The number of rotatable bonds is 7. The van der Waals surface area contributed by atoms with Crippen LogP contribution in [0.2, 0.25) is 0 Å². The molecule has 0 radical (unpaired) electrons. The maximum Gasteiger partial charge on any atom is 0.311 e. The van der Waals surface area contributed by atoms with Gasteiger partial charge in [0, 0.05) is 0 Å². The van der Waals surface area contributed by atoms with Gasteiger partial charge in [-0.1, -0.05) is 36.4 Å². The highest BCUT2D eigenvalue weighted by molar-refractivity contribution is 6.34. The first-order valence-electron chi connectivity index (χ1n) is 10.6. The van der Waals surface area contributed by atoms with Crippen LogP contribution in [0.1, 0.15) is 17.7 Å². The van der Waals surface area contributed by atoms with Crippen LogP contribution in [0.4, 0.5) is 5.69 Å². The smallest absolute Gasteiger partial charge is 0.311 e. The molecule has 0 unspecified atom stereocenters. The molecule has 2 heterocycles. The van der Waals surface area contributed by atoms with Crippen molar-refractivity contribution >= 4 is 35.3 Å². The molecule has 0 saturated carbocycles. The summed E-state index contributed by atoms with van der Waals surface area (Å²) in [5, 5.41) is 8.42. The zero-order chi connectivity index (χ0) is 24.9. The summed E-state index contributed by atoms with van der Waals surface area (Å²) in [5.74, 6) is -1.69. The predicted molar refractivity (Wildman–Crippen MR) is 128 cm³/mol. The molecule has 1 amide bonds. The number of anilines is 1. The normalized spacial score (nSPS) is 14.2. The molecule has 0 bridgehead atoms. The van der Waals surface area contributed by atoms with Crippen molar-refractivity contribution in [3.8, 4) is 5.69 Å². The number of amides is 1. The van der Waals surface area contributed by atoms with E-state index in [1.54, 1.807) is 60.7 Å². The van der Waals surface area contributed by atoms with Gasteiger partial charge in [-0.05, 0) is 30.3 Å². The number of carbonyl (C=O) groups excluding carboxylic acids is 3. The molecule has 0 atom stereocenters. The molecule has 10 heteroatoms. The average Bonchev–Trinajstić information content (AvgIpc) is 3.36. The first-order valence-corrected chi connectivity index (χ1v) is 10.6. The SMILES string of the molecule is COC(=O)CC1=NN(c2ccccc2)C(=O)/C1=C\c1c(CC(=O)OC)[nH]n(-c2ccccc2)c1=O. The molecule has 1 aliphatic rings. The van der Waals surface area contributed by atoms with Crippen LogP contribution in [-0.4, -0.2) is 47.6 Å². The van der Waals surface area contributed by atoms with Crippen LogP contribution in [0, 0.1) is 0 Å². The molecule has 35 heavy (non-hydrogen) atoms. The summed E-state index contributed by atoms with van der Waals surface area (Å²) in [6.07, 6.45) is 0.843. The standard InChI is InChI=1S/C25H22N4O6/c1-34-22(30)14-20-18(24(32)28(26-20)16-9-5-3-6-10-16)13-19-21(15-23(31)35-2)27-29(25(19)33)17-11-7-4-8-12-17/h3-13,26H,14-15H2,1-2H3/b19-13-. The topological polar surface area (TPSA) is 123 Å². The summed E-state index contributed by atoms with van der Waals surface area (Å²) < 4.78 is 10.8. The Labute approximate surface area is 200 Å². The number of nitrogens with one attached hydrogen (secondary N) is 1. The van der Waals surface area contributed by atoms with Gasteiger partial charge in [-0.2, -0.15) is 10.1 Å². The molecular formula is C25H22N4O6. The van der Waals surface area contributed by atoms with Crippen LogP contribution in [0.3, 0.4) is 0 Å². The van der Waals surface area contributed by atoms with Crippen molar-refractivity contribution in [1.29, 1.82) is 0 Å². The number of aromatic nitrogens is 2. The minimum Gasteiger partial charge on any atom is -0.469 e. The van der Waals surface area contributed by atoms with Gasteiger partial charge in [0.1, 0.15) is 0 Å². The summed E-state index contributed by atoms with van der Waals surface area (Å²) in [4.78, 5) is 50.8. The number of hydrazone groups is 1. The second kappa shape index (κ2) is 10.0. The zero-order valence-electron chi connectivity index (χ0n) is 19.1. The van der Waals surface area contributed by atoms with Gasteiger partial charge < -0.3 is 9.47 Å². The monoisotopic (exact) mass is 474 g/mol. The molecular weight excluding hydrogens is 452 g/mol. The van der Waals surface area contributed by atoms with E-state index < -0.39 is 23.4 Å². The van der Waals surface area contributed by atoms with E-state index in [1.807, 2.05) is 0 Å². The number of nitrogens with zero attached hydrogens (tertiary/aromatic N) is 3. The third-order valence-electron chi connectivity index (χ3n) is 5.35. The second-order valence-corrected chi connectivity index (χ2v) is 7.54. The fraction of sp³-hybridized carbons (Fsp3) is 0.160. The van der Waals surface area contributed by atoms with Crippen molar-refractivity contribution in [2.24, 2.45) is 5.10 Å². The number of hydrogen-bond acceptors (Lipinski definition) is 7. The predicted octanol–water partition coefficient (Wildman–Crippen LogP) is 2.23. The average molecular weight is 474 g/mol. The van der Waals surface area contributed by atoms with Gasteiger partial charge in [0.05, 0.1) is 61.0 Å². The van der Waals surface area contributed by atoms with Crippen molar-refractivity contribution in [3.05, 3.63) is 87.8 Å². The van der Waals surface area contributed by atoms with Crippen LogP contribution >= 0.6 is 0 Å². The number of carbonyl (C=O) groups is 3. The van der Waals surface area contributed by atoms with Crippen molar-refractivity contribution in [3.63, 3.8) is 0 Å². The Bertz CT molecular complexity index is 1390. The van der Waals surface area contributed by atoms with E-state index >= 15 is 0 Å². The number of methoxy groups -OCH3 is 2. The quantitative estimate of drug-likeness (QED) is 0.414. The van der Waals surface area contributed by atoms with Gasteiger partial charge in [-0.25, -0.2) is 4.68 Å². The van der Waals surface area contributed by atoms with E-state index in [1.165, 1.54) is 25.0 Å². The Morgan fingerprint density at radius 3 is 2.06 bits per heavy atom. The second-order valence-electron chi connectivity index (χ2n) is 7.54. The van der Waals surface area contributed by atoms with E-state index in [-0.39, 0.29) is 35.4 Å². The van der Waals surface area contributed by atoms with E-state index in [0.717, 1.165) is 5.01 Å². The number of hydrogen-bond donors (Lipinski definition) is 1. The maximum atomic E-state index is 13.4. The Morgan fingerprint density at radius 1 is 0.886 bits per heavy atom. The first kappa shape index (κ1) is 23.4. The van der Waals surface area contributed by atoms with Crippen LogP contribution in [0.15, 0.2) is 76.1 Å². The highest BCUT2D eigenvalue weighted by atomic mass is 16.5. The number of H-pyrrole nitrogens is 1. The van der Waals surface area contributed by atoms with Gasteiger partial charge in [0.25, 0.3) is 11.5 Å². The zero-order valence-corrected chi connectivity index (χ0v) is 19.1. The summed E-state index contributed by atoms with van der Waals surface area (Å²) in [7, 11) is 2.48. The van der Waals surface area contributed by atoms with Gasteiger partial charge in [-0.15, -0.1) is 0 Å². The van der Waals surface area contributed by atoms with Crippen LogP contribution < -0.4 is 10.6 Å². The molecule has 1 aromatic heterocycles. The van der Waals surface area contributed by atoms with Gasteiger partial charge in [0.15, 0.2) is 0 Å². The number of ether oxygens (including phenoxy) is 2. The molecule has 0 fully saturated rings. The maximum absolute atomic E-state index is 13.4. The summed E-state index contributed by atoms with van der Waals surface area (Å²) in [5.41, 5.74) is 1.07. The molecule has 1 aliphatic heterocycles. The first-order chi connectivity index (χ1) is 16.9. The van der Waals surface area contributed by atoms with Crippen LogP contribution in [-0.2, 0) is 30.3 Å². The molecule has 178 valence electrons. The molecule has 0 spiro atoms. The van der Waals surface area contributed by atoms with Crippen molar-refractivity contribution < 1.29 is 23.9 Å². The Morgan fingerprint density at radius 2 is 1.46 bits per heavy atom. The van der Waals surface area contributed by atoms with Gasteiger partial charge in [0.2, 0.25) is 0 Å². The van der Waals surface area contributed by atoms with Crippen molar-refractivity contribution in [2.75, 3.05) is 19.2 Å². The molecule has 0 aliphatic carbocycles. The molecule has 4 rings (SSSR count). The van der Waals surface area contributed by atoms with Crippen molar-refractivity contribution in [1.82, 2.24) is 9.78 Å². The summed E-state index contributed by atoms with van der Waals surface area (Å²) in [6.45, 7) is 0. The molecule has 10 nitrogen and oxygen atoms in total. The number of aromatic amines is 1. The fourth-order valence-electron chi connectivity index (χ4n) is 3.59. The minimum atomic E-state index is -0.595. The lowest BCUT2D eigenvalue weighted by Crippen LogP contribution is -2.22.